The molecule has 2 atom stereocenters. The van der Waals surface area contributed by atoms with E-state index in [1.165, 1.54) is 27.8 Å². The molecule has 1 unspecified atom stereocenters. The van der Waals surface area contributed by atoms with Crippen molar-refractivity contribution in [1.29, 1.82) is 0 Å². The summed E-state index contributed by atoms with van der Waals surface area (Å²) in [7, 11) is 0. The maximum absolute atomic E-state index is 6.03. The molecule has 3 rings (SSSR count). The zero-order valence-corrected chi connectivity index (χ0v) is 11.4. The van der Waals surface area contributed by atoms with Gasteiger partial charge in [-0.3, -0.25) is 0 Å². The number of fused-ring (bicyclic) bond motifs is 1. The maximum atomic E-state index is 6.03. The van der Waals surface area contributed by atoms with Crippen LogP contribution in [0.1, 0.15) is 30.6 Å². The van der Waals surface area contributed by atoms with Crippen LogP contribution in [0, 0.1) is 0 Å². The van der Waals surface area contributed by atoms with Crippen LogP contribution in [0.4, 0.5) is 0 Å². The predicted molar refractivity (Wildman–Crippen MR) is 76.3 cm³/mol. The Bertz CT molecular complexity index is 534. The molecule has 1 N–H and O–H groups in total. The van der Waals surface area contributed by atoms with Gasteiger partial charge in [-0.1, -0.05) is 11.6 Å². The summed E-state index contributed by atoms with van der Waals surface area (Å²) < 4.78 is 1.36. The summed E-state index contributed by atoms with van der Waals surface area (Å²) in [6.07, 6.45) is 2.51. The van der Waals surface area contributed by atoms with Crippen molar-refractivity contribution in [2.24, 2.45) is 0 Å². The van der Waals surface area contributed by atoms with Gasteiger partial charge in [0.1, 0.15) is 0 Å². The van der Waals surface area contributed by atoms with Gasteiger partial charge in [-0.2, -0.15) is 0 Å². The minimum Gasteiger partial charge on any atom is -0.314 e. The van der Waals surface area contributed by atoms with Gasteiger partial charge in [-0.25, -0.2) is 0 Å². The van der Waals surface area contributed by atoms with Gasteiger partial charge in [0.15, 0.2) is 0 Å². The maximum Gasteiger partial charge on any atom is 0.0412 e. The van der Waals surface area contributed by atoms with Crippen LogP contribution >= 0.6 is 22.9 Å². The molecule has 1 aromatic carbocycles. The average Bonchev–Trinajstić information content (AvgIpc) is 2.72. The van der Waals surface area contributed by atoms with Gasteiger partial charge in [0.05, 0.1) is 0 Å². The summed E-state index contributed by atoms with van der Waals surface area (Å²) in [4.78, 5) is 1.52. The summed E-state index contributed by atoms with van der Waals surface area (Å²) >= 11 is 7.96. The normalized spacial score (nSPS) is 25.3. The van der Waals surface area contributed by atoms with E-state index in [9.17, 15) is 0 Å². The van der Waals surface area contributed by atoms with E-state index in [2.05, 4.69) is 30.4 Å². The second kappa shape index (κ2) is 4.60. The second-order valence-electron chi connectivity index (χ2n) is 4.91. The molecular formula is C14H16ClNS. The SMILES string of the molecule is C[C@H]1CC(c2cc3cc(Cl)ccc3s2)CCN1. The van der Waals surface area contributed by atoms with Gasteiger partial charge >= 0.3 is 0 Å². The fourth-order valence-corrected chi connectivity index (χ4v) is 4.00. The topological polar surface area (TPSA) is 12.0 Å². The van der Waals surface area contributed by atoms with E-state index in [1.807, 2.05) is 17.4 Å². The molecule has 2 heterocycles. The first kappa shape index (κ1) is 11.5. The molecule has 90 valence electrons. The fraction of sp³-hybridized carbons (Fsp3) is 0.429. The molecule has 1 fully saturated rings. The minimum absolute atomic E-state index is 0.641. The lowest BCUT2D eigenvalue weighted by Crippen LogP contribution is -2.34. The molecule has 0 amide bonds. The zero-order valence-electron chi connectivity index (χ0n) is 9.87. The molecule has 0 bridgehead atoms. The molecule has 0 radical (unpaired) electrons. The van der Waals surface area contributed by atoms with E-state index in [1.54, 1.807) is 0 Å². The molecular weight excluding hydrogens is 250 g/mol. The molecule has 2 aromatic rings. The molecule has 1 nitrogen and oxygen atoms in total. The van der Waals surface area contributed by atoms with Crippen molar-refractivity contribution in [3.63, 3.8) is 0 Å². The Morgan fingerprint density at radius 2 is 2.24 bits per heavy atom. The highest BCUT2D eigenvalue weighted by molar-refractivity contribution is 7.19. The Hall–Kier alpha value is -0.570. The van der Waals surface area contributed by atoms with E-state index in [0.29, 0.717) is 6.04 Å². The second-order valence-corrected chi connectivity index (χ2v) is 6.46. The smallest absolute Gasteiger partial charge is 0.0412 e. The molecule has 3 heteroatoms. The summed E-state index contributed by atoms with van der Waals surface area (Å²) in [5, 5.41) is 5.64. The van der Waals surface area contributed by atoms with E-state index in [-0.39, 0.29) is 0 Å². The van der Waals surface area contributed by atoms with Gasteiger partial charge in [-0.15, -0.1) is 11.3 Å². The summed E-state index contributed by atoms with van der Waals surface area (Å²) in [5.41, 5.74) is 0. The van der Waals surface area contributed by atoms with Crippen molar-refractivity contribution in [2.45, 2.75) is 31.7 Å². The first-order chi connectivity index (χ1) is 8.22. The molecule has 1 aliphatic heterocycles. The quantitative estimate of drug-likeness (QED) is 0.805. The Kier molecular flexibility index (Phi) is 3.12. The summed E-state index contributed by atoms with van der Waals surface area (Å²) in [6.45, 7) is 3.41. The average molecular weight is 266 g/mol. The number of hydrogen-bond acceptors (Lipinski definition) is 2. The van der Waals surface area contributed by atoms with Gasteiger partial charge < -0.3 is 5.32 Å². The third-order valence-electron chi connectivity index (χ3n) is 3.52. The number of nitrogens with one attached hydrogen (secondary N) is 1. The van der Waals surface area contributed by atoms with Crippen LogP contribution in [0.25, 0.3) is 10.1 Å². The number of hydrogen-bond donors (Lipinski definition) is 1. The third-order valence-corrected chi connectivity index (χ3v) is 5.04. The monoisotopic (exact) mass is 265 g/mol. The Morgan fingerprint density at radius 3 is 3.06 bits per heavy atom. The van der Waals surface area contributed by atoms with Crippen molar-refractivity contribution in [2.75, 3.05) is 6.54 Å². The highest BCUT2D eigenvalue weighted by Gasteiger charge is 2.21. The largest absolute Gasteiger partial charge is 0.314 e. The molecule has 0 spiro atoms. The van der Waals surface area contributed by atoms with Crippen LogP contribution < -0.4 is 5.32 Å². The van der Waals surface area contributed by atoms with Crippen LogP contribution in [0.3, 0.4) is 0 Å². The highest BCUT2D eigenvalue weighted by Crippen LogP contribution is 2.36. The fourth-order valence-electron chi connectivity index (χ4n) is 2.63. The summed E-state index contributed by atoms with van der Waals surface area (Å²) in [6, 6.07) is 9.16. The number of halogens is 1. The molecule has 17 heavy (non-hydrogen) atoms. The van der Waals surface area contributed by atoms with Gasteiger partial charge in [0.25, 0.3) is 0 Å². The van der Waals surface area contributed by atoms with Gasteiger partial charge in [0.2, 0.25) is 0 Å². The highest BCUT2D eigenvalue weighted by atomic mass is 35.5. The van der Waals surface area contributed by atoms with Crippen molar-refractivity contribution in [3.8, 4) is 0 Å². The van der Waals surface area contributed by atoms with Crippen molar-refractivity contribution in [1.82, 2.24) is 5.32 Å². The number of thiophene rings is 1. The first-order valence-electron chi connectivity index (χ1n) is 6.15. The molecule has 1 aliphatic rings. The van der Waals surface area contributed by atoms with Crippen molar-refractivity contribution < 1.29 is 0 Å². The van der Waals surface area contributed by atoms with E-state index in [0.717, 1.165) is 17.5 Å². The van der Waals surface area contributed by atoms with Crippen molar-refractivity contribution >= 4 is 33.0 Å². The van der Waals surface area contributed by atoms with E-state index >= 15 is 0 Å². The van der Waals surface area contributed by atoms with Crippen LogP contribution in [-0.2, 0) is 0 Å². The lowest BCUT2D eigenvalue weighted by molar-refractivity contribution is 0.384. The predicted octanol–water partition coefficient (Wildman–Crippen LogP) is 4.41. The zero-order chi connectivity index (χ0) is 11.8. The Labute approximate surface area is 111 Å². The molecule has 0 aliphatic carbocycles. The Morgan fingerprint density at radius 1 is 1.35 bits per heavy atom. The third kappa shape index (κ3) is 2.35. The van der Waals surface area contributed by atoms with Crippen LogP contribution in [0.5, 0.6) is 0 Å². The van der Waals surface area contributed by atoms with Crippen LogP contribution in [0.2, 0.25) is 5.02 Å². The number of piperidine rings is 1. The lowest BCUT2D eigenvalue weighted by Gasteiger charge is -2.27. The van der Waals surface area contributed by atoms with Gasteiger partial charge in [0, 0.05) is 20.6 Å². The standard InChI is InChI=1S/C14H16ClNS/c1-9-6-10(4-5-16-9)14-8-11-7-12(15)2-3-13(11)17-14/h2-3,7-10,16H,4-6H2,1H3/t9-,10?/m0/s1. The Balaban J connectivity index is 1.94. The minimum atomic E-state index is 0.641. The molecule has 0 saturated carbocycles. The number of rotatable bonds is 1. The van der Waals surface area contributed by atoms with Crippen LogP contribution in [0.15, 0.2) is 24.3 Å². The molecule has 1 aromatic heterocycles. The lowest BCUT2D eigenvalue weighted by atomic mass is 9.92. The van der Waals surface area contributed by atoms with Crippen molar-refractivity contribution in [3.05, 3.63) is 34.2 Å². The first-order valence-corrected chi connectivity index (χ1v) is 7.34. The molecule has 1 saturated heterocycles. The summed E-state index contributed by atoms with van der Waals surface area (Å²) in [5.74, 6) is 0.724. The van der Waals surface area contributed by atoms with E-state index in [4.69, 9.17) is 11.6 Å². The van der Waals surface area contributed by atoms with Gasteiger partial charge in [-0.05, 0) is 61.9 Å². The number of benzene rings is 1. The van der Waals surface area contributed by atoms with Crippen LogP contribution in [-0.4, -0.2) is 12.6 Å². The van der Waals surface area contributed by atoms with E-state index < -0.39 is 0 Å².